The number of anilines is 1. The van der Waals surface area contributed by atoms with E-state index in [2.05, 4.69) is 15.0 Å². The summed E-state index contributed by atoms with van der Waals surface area (Å²) in [6.45, 7) is 0.586. The van der Waals surface area contributed by atoms with E-state index in [4.69, 9.17) is 19.5 Å². The summed E-state index contributed by atoms with van der Waals surface area (Å²) in [4.78, 5) is 12.3. The molecule has 0 aliphatic carbocycles. The molecule has 0 radical (unpaired) electrons. The van der Waals surface area contributed by atoms with Crippen molar-refractivity contribution < 1.29 is 18.3 Å². The van der Waals surface area contributed by atoms with Gasteiger partial charge in [0.25, 0.3) is 0 Å². The quantitative estimate of drug-likeness (QED) is 0.702. The summed E-state index contributed by atoms with van der Waals surface area (Å²) in [5.74, 6) is 0.811. The Kier molecular flexibility index (Phi) is 4.12. The van der Waals surface area contributed by atoms with Crippen molar-refractivity contribution in [2.75, 3.05) is 18.7 Å². The van der Waals surface area contributed by atoms with Gasteiger partial charge in [-0.1, -0.05) is 18.2 Å². The SMILES string of the molecule is Nc1ncnc2c1ncn2C[C@H]1CO[P@](=O)(Oc2ccccc2)CO1. The number of nitrogens with two attached hydrogens (primary N) is 1. The van der Waals surface area contributed by atoms with E-state index in [9.17, 15) is 4.57 Å². The molecule has 4 rings (SSSR count). The van der Waals surface area contributed by atoms with Gasteiger partial charge in [0, 0.05) is 0 Å². The van der Waals surface area contributed by atoms with Gasteiger partial charge < -0.3 is 19.6 Å². The number of benzene rings is 1. The number of hydrogen-bond acceptors (Lipinski definition) is 8. The molecular formula is C15H16N5O4P. The monoisotopic (exact) mass is 361 g/mol. The van der Waals surface area contributed by atoms with Crippen LogP contribution in [0.4, 0.5) is 5.82 Å². The van der Waals surface area contributed by atoms with E-state index in [1.165, 1.54) is 6.33 Å². The number of hydrogen-bond donors (Lipinski definition) is 1. The van der Waals surface area contributed by atoms with Crippen LogP contribution in [-0.4, -0.2) is 38.6 Å². The minimum absolute atomic E-state index is 0.115. The highest BCUT2D eigenvalue weighted by atomic mass is 31.2. The van der Waals surface area contributed by atoms with Crippen molar-refractivity contribution in [2.24, 2.45) is 0 Å². The second-order valence-corrected chi connectivity index (χ2v) is 7.48. The van der Waals surface area contributed by atoms with Crippen LogP contribution in [0.2, 0.25) is 0 Å². The number of imidazole rings is 1. The Labute approximate surface area is 143 Å². The fraction of sp³-hybridized carbons (Fsp3) is 0.267. The number of nitrogen functional groups attached to an aromatic ring is 1. The van der Waals surface area contributed by atoms with Crippen molar-refractivity contribution in [3.05, 3.63) is 43.0 Å². The Hall–Kier alpha value is -2.48. The van der Waals surface area contributed by atoms with E-state index in [1.54, 1.807) is 35.2 Å². The molecule has 2 atom stereocenters. The van der Waals surface area contributed by atoms with Crippen LogP contribution in [0.1, 0.15) is 0 Å². The van der Waals surface area contributed by atoms with Crippen LogP contribution in [-0.2, 0) is 20.4 Å². The third-order valence-electron chi connectivity index (χ3n) is 3.74. The van der Waals surface area contributed by atoms with Gasteiger partial charge in [-0.25, -0.2) is 19.5 Å². The molecule has 9 nitrogen and oxygen atoms in total. The minimum Gasteiger partial charge on any atom is -0.423 e. The maximum absolute atomic E-state index is 12.6. The fourth-order valence-electron chi connectivity index (χ4n) is 2.53. The number of fused-ring (bicyclic) bond motifs is 1. The van der Waals surface area contributed by atoms with Crippen molar-refractivity contribution in [1.82, 2.24) is 19.5 Å². The second-order valence-electron chi connectivity index (χ2n) is 5.56. The van der Waals surface area contributed by atoms with E-state index in [0.29, 0.717) is 29.3 Å². The highest BCUT2D eigenvalue weighted by Crippen LogP contribution is 2.50. The number of para-hydroxylation sites is 1. The van der Waals surface area contributed by atoms with E-state index >= 15 is 0 Å². The van der Waals surface area contributed by atoms with E-state index < -0.39 is 7.60 Å². The molecular weight excluding hydrogens is 345 g/mol. The lowest BCUT2D eigenvalue weighted by molar-refractivity contribution is -0.00591. The van der Waals surface area contributed by atoms with E-state index in [1.807, 2.05) is 6.07 Å². The van der Waals surface area contributed by atoms with Gasteiger partial charge in [-0.3, -0.25) is 4.52 Å². The second kappa shape index (κ2) is 6.44. The van der Waals surface area contributed by atoms with Crippen molar-refractivity contribution >= 4 is 24.6 Å². The zero-order valence-electron chi connectivity index (χ0n) is 13.2. The largest absolute Gasteiger partial charge is 0.423 e. The van der Waals surface area contributed by atoms with E-state index in [0.717, 1.165) is 0 Å². The Morgan fingerprint density at radius 2 is 2.12 bits per heavy atom. The molecule has 130 valence electrons. The molecule has 0 saturated carbocycles. The summed E-state index contributed by atoms with van der Waals surface area (Å²) in [7, 11) is -3.31. The number of nitrogens with zero attached hydrogens (tertiary/aromatic N) is 4. The maximum atomic E-state index is 12.6. The molecule has 1 saturated heterocycles. The fourth-order valence-corrected chi connectivity index (χ4v) is 3.94. The number of rotatable bonds is 4. The van der Waals surface area contributed by atoms with Gasteiger partial charge in [0.1, 0.15) is 23.7 Å². The number of aromatic nitrogens is 4. The Morgan fingerprint density at radius 3 is 2.88 bits per heavy atom. The molecule has 25 heavy (non-hydrogen) atoms. The Balaban J connectivity index is 1.42. The highest BCUT2D eigenvalue weighted by molar-refractivity contribution is 7.54. The molecule has 1 aliphatic rings. The van der Waals surface area contributed by atoms with Crippen LogP contribution in [0.3, 0.4) is 0 Å². The van der Waals surface area contributed by atoms with Crippen LogP contribution in [0.25, 0.3) is 11.2 Å². The first-order valence-electron chi connectivity index (χ1n) is 7.64. The van der Waals surface area contributed by atoms with Gasteiger partial charge in [0.2, 0.25) is 0 Å². The lowest BCUT2D eigenvalue weighted by Gasteiger charge is -2.29. The molecule has 3 heterocycles. The van der Waals surface area contributed by atoms with Crippen molar-refractivity contribution in [1.29, 1.82) is 0 Å². The Morgan fingerprint density at radius 1 is 1.28 bits per heavy atom. The molecule has 1 aliphatic heterocycles. The van der Waals surface area contributed by atoms with Gasteiger partial charge in [0.05, 0.1) is 19.5 Å². The van der Waals surface area contributed by atoms with Gasteiger partial charge >= 0.3 is 7.60 Å². The first-order chi connectivity index (χ1) is 12.1. The van der Waals surface area contributed by atoms with Crippen molar-refractivity contribution in [2.45, 2.75) is 12.6 Å². The molecule has 0 amide bonds. The first-order valence-corrected chi connectivity index (χ1v) is 9.37. The lowest BCUT2D eigenvalue weighted by atomic mass is 10.3. The molecule has 0 bridgehead atoms. The molecule has 10 heteroatoms. The molecule has 2 aromatic heterocycles. The molecule has 2 N–H and O–H groups in total. The van der Waals surface area contributed by atoms with Crippen molar-refractivity contribution in [3.63, 3.8) is 0 Å². The van der Waals surface area contributed by atoms with Gasteiger partial charge in [-0.05, 0) is 12.1 Å². The van der Waals surface area contributed by atoms with E-state index in [-0.39, 0.29) is 19.1 Å². The average molecular weight is 361 g/mol. The predicted molar refractivity (Wildman–Crippen MR) is 90.1 cm³/mol. The van der Waals surface area contributed by atoms with Gasteiger partial charge in [-0.15, -0.1) is 0 Å². The van der Waals surface area contributed by atoms with Crippen molar-refractivity contribution in [3.8, 4) is 5.75 Å². The predicted octanol–water partition coefficient (Wildman–Crippen LogP) is 2.05. The molecule has 0 spiro atoms. The number of ether oxygens (including phenoxy) is 1. The summed E-state index contributed by atoms with van der Waals surface area (Å²) >= 11 is 0. The molecule has 1 fully saturated rings. The van der Waals surface area contributed by atoms with Crippen LogP contribution < -0.4 is 10.3 Å². The topological polar surface area (TPSA) is 114 Å². The maximum Gasteiger partial charge on any atom is 0.404 e. The summed E-state index contributed by atoms with van der Waals surface area (Å²) in [6, 6.07) is 8.89. The molecule has 0 unspecified atom stereocenters. The summed E-state index contributed by atoms with van der Waals surface area (Å²) < 4.78 is 31.0. The molecule has 1 aromatic carbocycles. The van der Waals surface area contributed by atoms with Crippen LogP contribution in [0.5, 0.6) is 5.75 Å². The highest BCUT2D eigenvalue weighted by Gasteiger charge is 2.34. The summed E-state index contributed by atoms with van der Waals surface area (Å²) in [6.07, 6.45) is 2.59. The minimum atomic E-state index is -3.31. The smallest absolute Gasteiger partial charge is 0.404 e. The lowest BCUT2D eigenvalue weighted by Crippen LogP contribution is -2.31. The summed E-state index contributed by atoms with van der Waals surface area (Å²) in [5.41, 5.74) is 6.93. The van der Waals surface area contributed by atoms with Gasteiger partial charge in [0.15, 0.2) is 17.8 Å². The van der Waals surface area contributed by atoms with Gasteiger partial charge in [-0.2, -0.15) is 0 Å². The zero-order valence-corrected chi connectivity index (χ0v) is 14.1. The third kappa shape index (κ3) is 3.34. The zero-order chi connectivity index (χ0) is 17.3. The average Bonchev–Trinajstić information content (AvgIpc) is 3.02. The first kappa shape index (κ1) is 16.0. The van der Waals surface area contributed by atoms with Crippen LogP contribution in [0, 0.1) is 0 Å². The summed E-state index contributed by atoms with van der Waals surface area (Å²) in [5, 5.41) is 0. The van der Waals surface area contributed by atoms with Crippen LogP contribution in [0.15, 0.2) is 43.0 Å². The normalized spacial score (nSPS) is 23.6. The molecule has 3 aromatic rings. The van der Waals surface area contributed by atoms with Crippen LogP contribution >= 0.6 is 7.60 Å². The standard InChI is InChI=1S/C15H16N5O4P/c16-14-13-15(18-8-17-14)20(9-19-13)6-12-7-23-25(21,10-22-12)24-11-4-2-1-3-5-11/h1-5,8-9,12H,6-7,10H2,(H2,16,17,18)/t12-,25-/m0/s1. The third-order valence-corrected chi connectivity index (χ3v) is 5.24. The Bertz CT molecular complexity index is 920.